The molecule has 0 saturated carbocycles. The normalized spacial score (nSPS) is 11.0. The van der Waals surface area contributed by atoms with E-state index in [1.807, 2.05) is 36.4 Å². The maximum atomic E-state index is 12.4. The molecule has 3 heterocycles. The first-order valence-corrected chi connectivity index (χ1v) is 7.88. The van der Waals surface area contributed by atoms with E-state index in [4.69, 9.17) is 0 Å². The molecule has 4 rings (SSSR count). The van der Waals surface area contributed by atoms with E-state index in [1.54, 1.807) is 12.4 Å². The summed E-state index contributed by atoms with van der Waals surface area (Å²) in [4.78, 5) is 19.8. The fourth-order valence-electron chi connectivity index (χ4n) is 3.06. The highest BCUT2D eigenvalue weighted by atomic mass is 16.1. The molecule has 0 aliphatic heterocycles. The third-order valence-corrected chi connectivity index (χ3v) is 4.22. The molecular formula is C19H16N4O. The molecule has 2 N–H and O–H groups in total. The Balaban J connectivity index is 1.96. The second-order valence-electron chi connectivity index (χ2n) is 5.61. The van der Waals surface area contributed by atoms with Crippen molar-refractivity contribution in [2.75, 3.05) is 0 Å². The monoisotopic (exact) mass is 316 g/mol. The Bertz CT molecular complexity index is 1060. The SMILES string of the molecule is CCc1c(-c2cc(-c3ccncc3)n[nH]c2=O)[nH]c2ccccc12. The van der Waals surface area contributed by atoms with Crippen molar-refractivity contribution in [2.45, 2.75) is 13.3 Å². The molecule has 0 unspecified atom stereocenters. The molecule has 0 fully saturated rings. The number of hydrogen-bond acceptors (Lipinski definition) is 3. The number of pyridine rings is 1. The van der Waals surface area contributed by atoms with Gasteiger partial charge in [-0.1, -0.05) is 25.1 Å². The Morgan fingerprint density at radius 1 is 1.08 bits per heavy atom. The minimum atomic E-state index is -0.200. The van der Waals surface area contributed by atoms with Crippen LogP contribution in [0.15, 0.2) is 59.7 Å². The van der Waals surface area contributed by atoms with Crippen molar-refractivity contribution in [3.8, 4) is 22.5 Å². The van der Waals surface area contributed by atoms with Crippen LogP contribution in [0, 0.1) is 0 Å². The molecule has 0 atom stereocenters. The number of aryl methyl sites for hydroxylation is 1. The first kappa shape index (κ1) is 14.4. The number of benzene rings is 1. The minimum Gasteiger partial charge on any atom is -0.354 e. The minimum absolute atomic E-state index is 0.200. The number of hydrogen-bond donors (Lipinski definition) is 2. The maximum absolute atomic E-state index is 12.4. The fourth-order valence-corrected chi connectivity index (χ4v) is 3.06. The quantitative estimate of drug-likeness (QED) is 0.607. The zero-order valence-electron chi connectivity index (χ0n) is 13.2. The van der Waals surface area contributed by atoms with Gasteiger partial charge in [-0.05, 0) is 36.2 Å². The molecule has 5 nitrogen and oxygen atoms in total. The predicted molar refractivity (Wildman–Crippen MR) is 94.8 cm³/mol. The van der Waals surface area contributed by atoms with Crippen LogP contribution in [0.1, 0.15) is 12.5 Å². The number of aromatic nitrogens is 4. The van der Waals surface area contributed by atoms with Gasteiger partial charge in [-0.15, -0.1) is 0 Å². The molecule has 118 valence electrons. The summed E-state index contributed by atoms with van der Waals surface area (Å²) in [5, 5.41) is 7.93. The van der Waals surface area contributed by atoms with Crippen LogP contribution < -0.4 is 5.56 Å². The summed E-state index contributed by atoms with van der Waals surface area (Å²) >= 11 is 0. The third-order valence-electron chi connectivity index (χ3n) is 4.22. The molecule has 24 heavy (non-hydrogen) atoms. The zero-order valence-corrected chi connectivity index (χ0v) is 13.2. The van der Waals surface area contributed by atoms with Crippen LogP contribution in [0.25, 0.3) is 33.4 Å². The van der Waals surface area contributed by atoms with Gasteiger partial charge in [0.1, 0.15) is 0 Å². The summed E-state index contributed by atoms with van der Waals surface area (Å²) in [6.45, 7) is 2.10. The van der Waals surface area contributed by atoms with E-state index in [0.29, 0.717) is 11.3 Å². The lowest BCUT2D eigenvalue weighted by atomic mass is 10.0. The lowest BCUT2D eigenvalue weighted by molar-refractivity contribution is 0.993. The van der Waals surface area contributed by atoms with Crippen LogP contribution in [0.4, 0.5) is 0 Å². The molecule has 1 aromatic carbocycles. The van der Waals surface area contributed by atoms with Gasteiger partial charge in [0.2, 0.25) is 0 Å². The average molecular weight is 316 g/mol. The van der Waals surface area contributed by atoms with Crippen molar-refractivity contribution in [1.29, 1.82) is 0 Å². The maximum Gasteiger partial charge on any atom is 0.273 e. The molecule has 3 aromatic heterocycles. The highest BCUT2D eigenvalue weighted by molar-refractivity contribution is 5.91. The average Bonchev–Trinajstić information content (AvgIpc) is 3.01. The molecule has 0 amide bonds. The second kappa shape index (κ2) is 5.77. The molecule has 0 radical (unpaired) electrons. The lowest BCUT2D eigenvalue weighted by Gasteiger charge is -2.05. The predicted octanol–water partition coefficient (Wildman–Crippen LogP) is 3.54. The van der Waals surface area contributed by atoms with Crippen LogP contribution in [-0.4, -0.2) is 20.2 Å². The first-order valence-electron chi connectivity index (χ1n) is 7.88. The molecule has 0 spiro atoms. The van der Waals surface area contributed by atoms with Gasteiger partial charge in [-0.3, -0.25) is 9.78 Å². The van der Waals surface area contributed by atoms with Gasteiger partial charge < -0.3 is 4.98 Å². The van der Waals surface area contributed by atoms with Crippen molar-refractivity contribution in [1.82, 2.24) is 20.2 Å². The third kappa shape index (κ3) is 2.31. The molecule has 0 bridgehead atoms. The van der Waals surface area contributed by atoms with Crippen LogP contribution in [-0.2, 0) is 6.42 Å². The van der Waals surface area contributed by atoms with Gasteiger partial charge in [0.25, 0.3) is 5.56 Å². The smallest absolute Gasteiger partial charge is 0.273 e. The van der Waals surface area contributed by atoms with E-state index in [-0.39, 0.29) is 5.56 Å². The summed E-state index contributed by atoms with van der Waals surface area (Å²) in [7, 11) is 0. The molecule has 0 saturated heterocycles. The summed E-state index contributed by atoms with van der Waals surface area (Å²) in [5.74, 6) is 0. The van der Waals surface area contributed by atoms with Gasteiger partial charge in [-0.25, -0.2) is 5.10 Å². The Morgan fingerprint density at radius 3 is 2.67 bits per heavy atom. The van der Waals surface area contributed by atoms with Crippen molar-refractivity contribution in [2.24, 2.45) is 0 Å². The molecular weight excluding hydrogens is 300 g/mol. The van der Waals surface area contributed by atoms with Crippen LogP contribution in [0.5, 0.6) is 0 Å². The summed E-state index contributed by atoms with van der Waals surface area (Å²) in [6.07, 6.45) is 4.26. The molecule has 0 aliphatic rings. The van der Waals surface area contributed by atoms with Crippen molar-refractivity contribution < 1.29 is 0 Å². The van der Waals surface area contributed by atoms with Crippen LogP contribution in [0.3, 0.4) is 0 Å². The van der Waals surface area contributed by atoms with E-state index in [9.17, 15) is 4.79 Å². The first-order chi connectivity index (χ1) is 11.8. The number of fused-ring (bicyclic) bond motifs is 1. The topological polar surface area (TPSA) is 74.4 Å². The Kier molecular flexibility index (Phi) is 3.46. The van der Waals surface area contributed by atoms with Gasteiger partial charge in [0.15, 0.2) is 0 Å². The standard InChI is InChI=1S/C19H16N4O/c1-2-13-14-5-3-4-6-16(14)21-18(13)15-11-17(22-23-19(15)24)12-7-9-20-10-8-12/h3-11,21H,2H2,1H3,(H,23,24). The summed E-state index contributed by atoms with van der Waals surface area (Å²) in [6, 6.07) is 13.7. The molecule has 5 heteroatoms. The number of para-hydroxylation sites is 1. The molecule has 0 aliphatic carbocycles. The number of H-pyrrole nitrogens is 2. The fraction of sp³-hybridized carbons (Fsp3) is 0.105. The van der Waals surface area contributed by atoms with Crippen LogP contribution >= 0.6 is 0 Å². The largest absolute Gasteiger partial charge is 0.354 e. The Morgan fingerprint density at radius 2 is 1.88 bits per heavy atom. The van der Waals surface area contributed by atoms with E-state index in [2.05, 4.69) is 33.2 Å². The number of rotatable bonds is 3. The van der Waals surface area contributed by atoms with E-state index >= 15 is 0 Å². The Labute approximate surface area is 138 Å². The van der Waals surface area contributed by atoms with Crippen molar-refractivity contribution in [3.05, 3.63) is 70.8 Å². The highest BCUT2D eigenvalue weighted by Crippen LogP contribution is 2.30. The van der Waals surface area contributed by atoms with E-state index in [0.717, 1.165) is 34.1 Å². The number of nitrogens with one attached hydrogen (secondary N) is 2. The van der Waals surface area contributed by atoms with E-state index in [1.165, 1.54) is 0 Å². The van der Waals surface area contributed by atoms with Crippen molar-refractivity contribution in [3.63, 3.8) is 0 Å². The lowest BCUT2D eigenvalue weighted by Crippen LogP contribution is -2.12. The van der Waals surface area contributed by atoms with Gasteiger partial charge in [0, 0.05) is 28.9 Å². The second-order valence-corrected chi connectivity index (χ2v) is 5.61. The number of aromatic amines is 2. The molecule has 4 aromatic rings. The van der Waals surface area contributed by atoms with Crippen molar-refractivity contribution >= 4 is 10.9 Å². The van der Waals surface area contributed by atoms with Gasteiger partial charge >= 0.3 is 0 Å². The highest BCUT2D eigenvalue weighted by Gasteiger charge is 2.15. The van der Waals surface area contributed by atoms with Crippen LogP contribution in [0.2, 0.25) is 0 Å². The van der Waals surface area contributed by atoms with Gasteiger partial charge in [0.05, 0.1) is 17.0 Å². The summed E-state index contributed by atoms with van der Waals surface area (Å²) < 4.78 is 0. The Hall–Kier alpha value is -3.21. The number of nitrogens with zero attached hydrogens (tertiary/aromatic N) is 2. The van der Waals surface area contributed by atoms with E-state index < -0.39 is 0 Å². The van der Waals surface area contributed by atoms with Gasteiger partial charge in [-0.2, -0.15) is 5.10 Å². The summed E-state index contributed by atoms with van der Waals surface area (Å²) in [5.41, 5.74) is 5.06. The zero-order chi connectivity index (χ0) is 16.5.